The summed E-state index contributed by atoms with van der Waals surface area (Å²) in [5, 5.41) is 6.40. The van der Waals surface area contributed by atoms with E-state index in [1.54, 1.807) is 19.1 Å². The maximum Gasteiger partial charge on any atom is 0.124 e. The topological polar surface area (TPSA) is 71.5 Å². The van der Waals surface area contributed by atoms with Crippen LogP contribution in [0, 0.1) is 30.5 Å². The molecule has 3 nitrogen and oxygen atoms in total. The molecule has 1 aliphatic rings. The van der Waals surface area contributed by atoms with Crippen LogP contribution in [0.4, 0.5) is 10.1 Å². The molecule has 1 aromatic carbocycles. The number of rotatable bonds is 1. The van der Waals surface area contributed by atoms with Crippen LogP contribution in [0.15, 0.2) is 30.4 Å². The van der Waals surface area contributed by atoms with E-state index in [4.69, 9.17) is 23.3 Å². The number of halogens is 1. The van der Waals surface area contributed by atoms with Crippen LogP contribution >= 0.6 is 0 Å². The molecule has 0 amide bonds. The Labute approximate surface area is 159 Å². The van der Waals surface area contributed by atoms with E-state index in [2.05, 4.69) is 5.92 Å². The molecule has 0 heterocycles. The van der Waals surface area contributed by atoms with E-state index in [0.717, 1.165) is 19.1 Å². The normalized spacial score (nSPS) is 11.1. The zero-order valence-corrected chi connectivity index (χ0v) is 16.3. The molecule has 0 unspecified atom stereocenters. The first-order valence-corrected chi connectivity index (χ1v) is 6.81. The summed E-state index contributed by atoms with van der Waals surface area (Å²) in [6, 6.07) is 4.70. The minimum atomic E-state index is -0.303. The molecule has 0 spiro atoms. The van der Waals surface area contributed by atoms with Gasteiger partial charge in [-0.2, -0.15) is 0 Å². The summed E-state index contributed by atoms with van der Waals surface area (Å²) >= 11 is 0. The largest absolute Gasteiger partial charge is 0.699 e. The van der Waals surface area contributed by atoms with Crippen molar-refractivity contribution in [1.29, 1.82) is 5.41 Å². The van der Waals surface area contributed by atoms with Crippen molar-refractivity contribution in [2.24, 2.45) is 0 Å². The number of aryl methyl sites for hydroxylation is 1. The summed E-state index contributed by atoms with van der Waals surface area (Å²) in [6.45, 7) is 5.68. The van der Waals surface area contributed by atoms with Crippen molar-refractivity contribution in [3.63, 3.8) is 0 Å². The van der Waals surface area contributed by atoms with Gasteiger partial charge in [0.25, 0.3) is 0 Å². The number of nitrogens with one attached hydrogen (secondary N) is 3. The van der Waals surface area contributed by atoms with Crippen molar-refractivity contribution in [3.05, 3.63) is 53.2 Å². The summed E-state index contributed by atoms with van der Waals surface area (Å²) in [4.78, 5) is 0. The van der Waals surface area contributed by atoms with Gasteiger partial charge in [-0.3, -0.25) is 0 Å². The molecule has 2 rings (SSSR count). The first-order valence-electron chi connectivity index (χ1n) is 6.81. The predicted molar refractivity (Wildman–Crippen MR) is 90.6 cm³/mol. The van der Waals surface area contributed by atoms with Gasteiger partial charge >= 0.3 is 0 Å². The van der Waals surface area contributed by atoms with Gasteiger partial charge in [0.15, 0.2) is 0 Å². The van der Waals surface area contributed by atoms with Crippen LogP contribution in [0.3, 0.4) is 0 Å². The molecule has 1 saturated carbocycles. The molecule has 0 aromatic heterocycles. The van der Waals surface area contributed by atoms with Crippen molar-refractivity contribution in [1.82, 2.24) is 0 Å². The van der Waals surface area contributed by atoms with Crippen molar-refractivity contribution in [2.75, 3.05) is 0 Å². The van der Waals surface area contributed by atoms with Crippen molar-refractivity contribution in [3.8, 4) is 12.3 Å². The molecule has 1 fully saturated rings. The minimum absolute atomic E-state index is 0. The molecule has 1 aliphatic carbocycles. The van der Waals surface area contributed by atoms with E-state index in [9.17, 15) is 4.39 Å². The van der Waals surface area contributed by atoms with E-state index in [1.807, 2.05) is 13.8 Å². The van der Waals surface area contributed by atoms with Crippen LogP contribution in [-0.4, -0.2) is 12.3 Å². The van der Waals surface area contributed by atoms with Gasteiger partial charge in [0, 0.05) is 38.9 Å². The molecule has 0 atom stereocenters. The summed E-state index contributed by atoms with van der Waals surface area (Å²) in [7, 11) is 0. The number of hydrogen-bond donors (Lipinski definition) is 1. The van der Waals surface area contributed by atoms with Gasteiger partial charge < -0.3 is 16.9 Å². The first kappa shape index (κ1) is 25.9. The molecule has 22 heavy (non-hydrogen) atoms. The zero-order valence-electron chi connectivity index (χ0n) is 13.5. The van der Waals surface area contributed by atoms with Crippen molar-refractivity contribution >= 4 is 11.9 Å². The number of hydrogen-bond acceptors (Lipinski definition) is 1. The third-order valence-electron chi connectivity index (χ3n) is 2.04. The van der Waals surface area contributed by atoms with E-state index >= 15 is 0 Å². The predicted octanol–water partition coefficient (Wildman–Crippen LogP) is 5.87. The van der Waals surface area contributed by atoms with Gasteiger partial charge in [-0.25, -0.2) is 4.39 Å². The molecule has 0 bridgehead atoms. The SMILES string of the molecule is C#C/C=C/C=N.CC.Cc1ccc([NH-])cc1F.[NH-]C1CC1.[Y]. The Bertz CT molecular complexity index is 463. The molecule has 0 saturated heterocycles. The van der Waals surface area contributed by atoms with Crippen molar-refractivity contribution < 1.29 is 37.1 Å². The number of benzene rings is 1. The summed E-state index contributed by atoms with van der Waals surface area (Å²) in [5.41, 5.74) is 14.5. The average molecular weight is 378 g/mol. The molecule has 1 aromatic rings. The number of terminal acetylenes is 1. The van der Waals surface area contributed by atoms with Crippen LogP contribution in [0.2, 0.25) is 0 Å². The van der Waals surface area contributed by atoms with Crippen molar-refractivity contribution in [2.45, 2.75) is 39.7 Å². The monoisotopic (exact) mass is 378 g/mol. The quantitative estimate of drug-likeness (QED) is 0.469. The zero-order chi connectivity index (χ0) is 16.7. The van der Waals surface area contributed by atoms with Crippen LogP contribution in [0.1, 0.15) is 32.3 Å². The standard InChI is InChI=1S/C7H7FN.C5H5N.C3H6N.C2H6.Y/c1-5-2-3-6(9)4-7(5)8;1-2-3-4-5-6;4-3-1-2-3;1-2;/h2-4,9H,1H3;1,3-6H;3-4H,1-2H2;1-2H3;/q-1;;-1;;/b;4-3+,6-5?;;;. The van der Waals surface area contributed by atoms with Gasteiger partial charge in [-0.1, -0.05) is 44.7 Å². The Kier molecular flexibility index (Phi) is 21.2. The van der Waals surface area contributed by atoms with Gasteiger partial charge in [-0.15, -0.1) is 18.2 Å². The van der Waals surface area contributed by atoms with E-state index in [-0.39, 0.29) is 44.2 Å². The molecule has 0 aliphatic heterocycles. The average Bonchev–Trinajstić information content (AvgIpc) is 3.27. The van der Waals surface area contributed by atoms with Gasteiger partial charge in [0.2, 0.25) is 0 Å². The Morgan fingerprint density at radius 1 is 1.36 bits per heavy atom. The van der Waals surface area contributed by atoms with Crippen LogP contribution in [0.5, 0.6) is 0 Å². The third kappa shape index (κ3) is 19.0. The summed E-state index contributed by atoms with van der Waals surface area (Å²) < 4.78 is 12.5. The van der Waals surface area contributed by atoms with Crippen LogP contribution < -0.4 is 0 Å². The number of allylic oxidation sites excluding steroid dienone is 2. The Hall–Kier alpha value is -1.02. The first-order chi connectivity index (χ1) is 10.0. The molecule has 1 radical (unpaired) electrons. The maximum absolute atomic E-state index is 12.5. The second kappa shape index (κ2) is 18.0. The molecule has 3 N–H and O–H groups in total. The molecular formula is C17H24FN3Y-2. The van der Waals surface area contributed by atoms with Crippen LogP contribution in [-0.2, 0) is 32.7 Å². The Morgan fingerprint density at radius 2 is 1.86 bits per heavy atom. The third-order valence-corrected chi connectivity index (χ3v) is 2.04. The summed E-state index contributed by atoms with van der Waals surface area (Å²) in [5.74, 6) is 1.93. The van der Waals surface area contributed by atoms with Gasteiger partial charge in [0.05, 0.1) is 0 Å². The fraction of sp³-hybridized carbons (Fsp3) is 0.353. The van der Waals surface area contributed by atoms with Gasteiger partial charge in [0.1, 0.15) is 5.82 Å². The second-order valence-corrected chi connectivity index (χ2v) is 3.93. The van der Waals surface area contributed by atoms with E-state index in [1.165, 1.54) is 18.2 Å². The van der Waals surface area contributed by atoms with Gasteiger partial charge in [-0.05, 0) is 30.7 Å². The fourth-order valence-electron chi connectivity index (χ4n) is 0.780. The molecule has 5 heteroatoms. The maximum atomic E-state index is 12.5. The fourth-order valence-corrected chi connectivity index (χ4v) is 0.780. The Morgan fingerprint density at radius 3 is 2.09 bits per heavy atom. The summed E-state index contributed by atoms with van der Waals surface area (Å²) in [6.07, 6.45) is 11.2. The molecule has 119 valence electrons. The molecular weight excluding hydrogens is 354 g/mol. The smallest absolute Gasteiger partial charge is 0.124 e. The van der Waals surface area contributed by atoms with E-state index in [0.29, 0.717) is 11.6 Å². The Balaban J connectivity index is -0.000000243. The minimum Gasteiger partial charge on any atom is -0.699 e. The van der Waals surface area contributed by atoms with E-state index < -0.39 is 0 Å². The second-order valence-electron chi connectivity index (χ2n) is 3.93. The van der Waals surface area contributed by atoms with Crippen LogP contribution in [0.25, 0.3) is 11.5 Å².